The zero-order chi connectivity index (χ0) is 15.4. The standard InChI is InChI=1S/C16H18N2O3/c1-11-8-14(16(21)17-9-15(19)20)12(2)18(11)10-13-6-4-3-5-7-13/h3-8H,9-10H2,1-2H3,(H,17,21)(H,19,20). The minimum Gasteiger partial charge on any atom is -0.480 e. The number of hydrogen-bond acceptors (Lipinski definition) is 2. The van der Waals surface area contributed by atoms with E-state index in [9.17, 15) is 9.59 Å². The molecule has 1 amide bonds. The summed E-state index contributed by atoms with van der Waals surface area (Å²) in [5.74, 6) is -1.41. The van der Waals surface area contributed by atoms with Gasteiger partial charge in [-0.05, 0) is 25.5 Å². The van der Waals surface area contributed by atoms with Gasteiger partial charge >= 0.3 is 5.97 Å². The lowest BCUT2D eigenvalue weighted by atomic mass is 10.2. The van der Waals surface area contributed by atoms with Crippen molar-refractivity contribution in [1.82, 2.24) is 9.88 Å². The normalized spacial score (nSPS) is 10.4. The second-order valence-corrected chi connectivity index (χ2v) is 4.93. The number of carbonyl (C=O) groups is 2. The summed E-state index contributed by atoms with van der Waals surface area (Å²) in [6.45, 7) is 4.11. The molecule has 5 nitrogen and oxygen atoms in total. The first-order valence-electron chi connectivity index (χ1n) is 6.69. The minimum atomic E-state index is -1.05. The molecule has 0 aliphatic heterocycles. The van der Waals surface area contributed by atoms with Crippen LogP contribution in [0.5, 0.6) is 0 Å². The van der Waals surface area contributed by atoms with Crippen molar-refractivity contribution < 1.29 is 14.7 Å². The molecule has 0 spiro atoms. The second-order valence-electron chi connectivity index (χ2n) is 4.93. The molecule has 1 heterocycles. The number of benzene rings is 1. The average Bonchev–Trinajstić information content (AvgIpc) is 2.74. The molecular formula is C16H18N2O3. The Balaban J connectivity index is 2.21. The van der Waals surface area contributed by atoms with Crippen LogP contribution in [0.1, 0.15) is 27.3 Å². The highest BCUT2D eigenvalue weighted by molar-refractivity contribution is 5.97. The molecular weight excluding hydrogens is 268 g/mol. The van der Waals surface area contributed by atoms with E-state index >= 15 is 0 Å². The topological polar surface area (TPSA) is 71.3 Å². The molecule has 0 aliphatic rings. The van der Waals surface area contributed by atoms with Gasteiger partial charge in [0.1, 0.15) is 6.54 Å². The number of nitrogens with zero attached hydrogens (tertiary/aromatic N) is 1. The average molecular weight is 286 g/mol. The predicted octanol–water partition coefficient (Wildman–Crippen LogP) is 1.97. The van der Waals surface area contributed by atoms with Gasteiger partial charge in [0.05, 0.1) is 5.56 Å². The SMILES string of the molecule is Cc1cc(C(=O)NCC(=O)O)c(C)n1Cc1ccccc1. The Labute approximate surface area is 123 Å². The second kappa shape index (κ2) is 6.26. The van der Waals surface area contributed by atoms with E-state index in [2.05, 4.69) is 5.32 Å². The highest BCUT2D eigenvalue weighted by Gasteiger charge is 2.16. The van der Waals surface area contributed by atoms with Crippen molar-refractivity contribution in [1.29, 1.82) is 0 Å². The number of hydrogen-bond donors (Lipinski definition) is 2. The summed E-state index contributed by atoms with van der Waals surface area (Å²) in [4.78, 5) is 22.5. The fourth-order valence-corrected chi connectivity index (χ4v) is 2.29. The molecule has 0 bridgehead atoms. The maximum Gasteiger partial charge on any atom is 0.322 e. The summed E-state index contributed by atoms with van der Waals surface area (Å²) >= 11 is 0. The summed E-state index contributed by atoms with van der Waals surface area (Å²) in [6, 6.07) is 11.8. The number of nitrogens with one attached hydrogen (secondary N) is 1. The van der Waals surface area contributed by atoms with Crippen molar-refractivity contribution in [2.75, 3.05) is 6.54 Å². The van der Waals surface area contributed by atoms with Gasteiger partial charge < -0.3 is 15.0 Å². The summed E-state index contributed by atoms with van der Waals surface area (Å²) in [5.41, 5.74) is 3.47. The van der Waals surface area contributed by atoms with E-state index in [0.29, 0.717) is 12.1 Å². The summed E-state index contributed by atoms with van der Waals surface area (Å²) in [5, 5.41) is 11.0. The Bertz CT molecular complexity index is 660. The largest absolute Gasteiger partial charge is 0.480 e. The maximum atomic E-state index is 12.0. The third kappa shape index (κ3) is 3.51. The van der Waals surface area contributed by atoms with Crippen LogP contribution >= 0.6 is 0 Å². The smallest absolute Gasteiger partial charge is 0.322 e. The molecule has 110 valence electrons. The van der Waals surface area contributed by atoms with Gasteiger partial charge in [-0.1, -0.05) is 30.3 Å². The molecule has 2 N–H and O–H groups in total. The number of carboxylic acids is 1. The van der Waals surface area contributed by atoms with E-state index in [-0.39, 0.29) is 12.5 Å². The molecule has 0 saturated heterocycles. The van der Waals surface area contributed by atoms with E-state index in [1.165, 1.54) is 0 Å². The highest BCUT2D eigenvalue weighted by atomic mass is 16.4. The quantitative estimate of drug-likeness (QED) is 0.882. The number of rotatable bonds is 5. The molecule has 21 heavy (non-hydrogen) atoms. The van der Waals surface area contributed by atoms with Crippen molar-refractivity contribution in [2.24, 2.45) is 0 Å². The first-order chi connectivity index (χ1) is 9.99. The van der Waals surface area contributed by atoms with E-state index < -0.39 is 5.97 Å². The molecule has 0 fully saturated rings. The zero-order valence-corrected chi connectivity index (χ0v) is 12.1. The van der Waals surface area contributed by atoms with Crippen molar-refractivity contribution in [3.63, 3.8) is 0 Å². The number of aryl methyl sites for hydroxylation is 1. The van der Waals surface area contributed by atoms with Crippen LogP contribution < -0.4 is 5.32 Å². The number of aromatic nitrogens is 1. The molecule has 0 atom stereocenters. The molecule has 0 unspecified atom stereocenters. The maximum absolute atomic E-state index is 12.0. The molecule has 1 aromatic heterocycles. The van der Waals surface area contributed by atoms with Crippen LogP contribution in [0.25, 0.3) is 0 Å². The van der Waals surface area contributed by atoms with Crippen LogP contribution in [-0.4, -0.2) is 28.1 Å². The Morgan fingerprint density at radius 3 is 2.48 bits per heavy atom. The van der Waals surface area contributed by atoms with Crippen LogP contribution in [-0.2, 0) is 11.3 Å². The van der Waals surface area contributed by atoms with Gasteiger partial charge in [0.25, 0.3) is 5.91 Å². The minimum absolute atomic E-state index is 0.357. The van der Waals surface area contributed by atoms with Gasteiger partial charge in [0, 0.05) is 17.9 Å². The van der Waals surface area contributed by atoms with Crippen molar-refractivity contribution >= 4 is 11.9 Å². The van der Waals surface area contributed by atoms with Gasteiger partial charge in [0.2, 0.25) is 0 Å². The Hall–Kier alpha value is -2.56. The Morgan fingerprint density at radius 1 is 1.19 bits per heavy atom. The molecule has 1 aromatic carbocycles. The molecule has 5 heteroatoms. The lowest BCUT2D eigenvalue weighted by Gasteiger charge is -2.10. The fraction of sp³-hybridized carbons (Fsp3) is 0.250. The highest BCUT2D eigenvalue weighted by Crippen LogP contribution is 2.17. The van der Waals surface area contributed by atoms with Crippen molar-refractivity contribution in [3.05, 3.63) is 58.9 Å². The first kappa shape index (κ1) is 14.8. The van der Waals surface area contributed by atoms with Crippen LogP contribution in [0, 0.1) is 13.8 Å². The number of carboxylic acid groups (broad SMARTS) is 1. The summed E-state index contributed by atoms with van der Waals surface area (Å²) < 4.78 is 2.05. The summed E-state index contributed by atoms with van der Waals surface area (Å²) in [6.07, 6.45) is 0. The Morgan fingerprint density at radius 2 is 1.86 bits per heavy atom. The fourth-order valence-electron chi connectivity index (χ4n) is 2.29. The van der Waals surface area contributed by atoms with E-state index in [1.54, 1.807) is 6.07 Å². The van der Waals surface area contributed by atoms with Gasteiger partial charge in [-0.2, -0.15) is 0 Å². The van der Waals surface area contributed by atoms with E-state index in [0.717, 1.165) is 17.0 Å². The number of amides is 1. The Kier molecular flexibility index (Phi) is 4.42. The lowest BCUT2D eigenvalue weighted by molar-refractivity contribution is -0.135. The van der Waals surface area contributed by atoms with Crippen LogP contribution in [0.2, 0.25) is 0 Å². The van der Waals surface area contributed by atoms with Crippen LogP contribution in [0.3, 0.4) is 0 Å². The monoisotopic (exact) mass is 286 g/mol. The van der Waals surface area contributed by atoms with Crippen molar-refractivity contribution in [3.8, 4) is 0 Å². The molecule has 2 aromatic rings. The van der Waals surface area contributed by atoms with Gasteiger partial charge in [-0.25, -0.2) is 0 Å². The third-order valence-corrected chi connectivity index (χ3v) is 3.40. The lowest BCUT2D eigenvalue weighted by Crippen LogP contribution is -2.29. The number of carbonyl (C=O) groups excluding carboxylic acids is 1. The predicted molar refractivity (Wildman–Crippen MR) is 79.4 cm³/mol. The van der Waals surface area contributed by atoms with Gasteiger partial charge in [0.15, 0.2) is 0 Å². The molecule has 0 saturated carbocycles. The number of aliphatic carboxylic acids is 1. The van der Waals surface area contributed by atoms with Crippen LogP contribution in [0.4, 0.5) is 0 Å². The van der Waals surface area contributed by atoms with Crippen LogP contribution in [0.15, 0.2) is 36.4 Å². The first-order valence-corrected chi connectivity index (χ1v) is 6.69. The van der Waals surface area contributed by atoms with E-state index in [1.807, 2.05) is 48.7 Å². The van der Waals surface area contributed by atoms with Crippen molar-refractivity contribution in [2.45, 2.75) is 20.4 Å². The zero-order valence-electron chi connectivity index (χ0n) is 12.1. The van der Waals surface area contributed by atoms with Gasteiger partial charge in [-0.15, -0.1) is 0 Å². The summed E-state index contributed by atoms with van der Waals surface area (Å²) in [7, 11) is 0. The molecule has 0 aliphatic carbocycles. The van der Waals surface area contributed by atoms with Gasteiger partial charge in [-0.3, -0.25) is 9.59 Å². The third-order valence-electron chi connectivity index (χ3n) is 3.40. The molecule has 0 radical (unpaired) electrons. The molecule has 2 rings (SSSR count). The van der Waals surface area contributed by atoms with E-state index in [4.69, 9.17) is 5.11 Å².